The maximum Gasteiger partial charge on any atom is 0.0534 e. The van der Waals surface area contributed by atoms with E-state index in [0.29, 0.717) is 6.61 Å². The van der Waals surface area contributed by atoms with Crippen molar-refractivity contribution < 1.29 is 9.84 Å². The highest BCUT2D eigenvalue weighted by Gasteiger charge is 1.97. The Morgan fingerprint density at radius 3 is 2.88 bits per heavy atom. The van der Waals surface area contributed by atoms with Gasteiger partial charge >= 0.3 is 0 Å². The van der Waals surface area contributed by atoms with Gasteiger partial charge in [-0.25, -0.2) is 0 Å². The van der Waals surface area contributed by atoms with Crippen LogP contribution in [-0.4, -0.2) is 24.4 Å². The molecular weight excluding hydrogens is 268 g/mol. The van der Waals surface area contributed by atoms with Gasteiger partial charge in [0.15, 0.2) is 0 Å². The van der Waals surface area contributed by atoms with Crippen LogP contribution >= 0.6 is 15.9 Å². The van der Waals surface area contributed by atoms with E-state index in [-0.39, 0.29) is 6.10 Å². The number of aliphatic hydroxyl groups excluding tert-OH is 1. The van der Waals surface area contributed by atoms with Crippen molar-refractivity contribution in [1.29, 1.82) is 0 Å². The predicted molar refractivity (Wildman–Crippen MR) is 69.6 cm³/mol. The summed E-state index contributed by atoms with van der Waals surface area (Å²) in [5, 5.41) is 9.03. The molecule has 1 rings (SSSR count). The van der Waals surface area contributed by atoms with Crippen molar-refractivity contribution >= 4 is 15.9 Å². The first-order valence-electron chi connectivity index (χ1n) is 5.69. The quantitative estimate of drug-likeness (QED) is 0.781. The average molecular weight is 287 g/mol. The summed E-state index contributed by atoms with van der Waals surface area (Å²) in [7, 11) is 0. The summed E-state index contributed by atoms with van der Waals surface area (Å²) in [6.07, 6.45) is 2.52. The standard InChI is InChI=1S/C13H19BrO2/c1-11(15)7-9-16-8-3-5-12-4-2-6-13(14)10-12/h2,4,6,10-11,15H,3,5,7-9H2,1H3. The second-order valence-electron chi connectivity index (χ2n) is 3.98. The molecule has 1 unspecified atom stereocenters. The summed E-state index contributed by atoms with van der Waals surface area (Å²) >= 11 is 3.45. The molecule has 1 atom stereocenters. The molecule has 2 nitrogen and oxygen atoms in total. The Hall–Kier alpha value is -0.380. The Morgan fingerprint density at radius 2 is 2.19 bits per heavy atom. The number of aryl methyl sites for hydroxylation is 1. The number of hydrogen-bond donors (Lipinski definition) is 1. The summed E-state index contributed by atoms with van der Waals surface area (Å²) in [6.45, 7) is 3.19. The molecule has 0 bridgehead atoms. The lowest BCUT2D eigenvalue weighted by molar-refractivity contribution is 0.0881. The normalized spacial score (nSPS) is 12.7. The minimum atomic E-state index is -0.259. The predicted octanol–water partition coefficient (Wildman–Crippen LogP) is 3.17. The zero-order valence-electron chi connectivity index (χ0n) is 9.66. The Labute approximate surface area is 106 Å². The molecule has 0 aromatic heterocycles. The largest absolute Gasteiger partial charge is 0.393 e. The molecule has 1 aromatic carbocycles. The van der Waals surface area contributed by atoms with E-state index in [4.69, 9.17) is 9.84 Å². The Morgan fingerprint density at radius 1 is 1.38 bits per heavy atom. The molecule has 1 N–H and O–H groups in total. The van der Waals surface area contributed by atoms with Crippen molar-refractivity contribution in [2.75, 3.05) is 13.2 Å². The third kappa shape index (κ3) is 6.26. The summed E-state index contributed by atoms with van der Waals surface area (Å²) < 4.78 is 6.55. The van der Waals surface area contributed by atoms with Crippen molar-refractivity contribution in [3.05, 3.63) is 34.3 Å². The van der Waals surface area contributed by atoms with Crippen LogP contribution in [0.5, 0.6) is 0 Å². The molecule has 16 heavy (non-hydrogen) atoms. The van der Waals surface area contributed by atoms with E-state index in [1.165, 1.54) is 5.56 Å². The lowest BCUT2D eigenvalue weighted by atomic mass is 10.1. The molecular formula is C13H19BrO2. The monoisotopic (exact) mass is 286 g/mol. The van der Waals surface area contributed by atoms with Crippen molar-refractivity contribution in [3.8, 4) is 0 Å². The van der Waals surface area contributed by atoms with Gasteiger partial charge in [0.25, 0.3) is 0 Å². The fourth-order valence-corrected chi connectivity index (χ4v) is 1.87. The van der Waals surface area contributed by atoms with E-state index >= 15 is 0 Å². The SMILES string of the molecule is CC(O)CCOCCCc1cccc(Br)c1. The lowest BCUT2D eigenvalue weighted by Gasteiger charge is -2.06. The Kier molecular flexibility index (Phi) is 6.69. The highest BCUT2D eigenvalue weighted by atomic mass is 79.9. The second kappa shape index (κ2) is 7.82. The maximum absolute atomic E-state index is 9.03. The Balaban J connectivity index is 2.07. The first-order valence-corrected chi connectivity index (χ1v) is 6.48. The van der Waals surface area contributed by atoms with Crippen LogP contribution in [-0.2, 0) is 11.2 Å². The van der Waals surface area contributed by atoms with Crippen LogP contribution in [0.1, 0.15) is 25.3 Å². The molecule has 0 fully saturated rings. The molecule has 0 amide bonds. The number of halogens is 1. The minimum Gasteiger partial charge on any atom is -0.393 e. The zero-order valence-corrected chi connectivity index (χ0v) is 11.2. The molecule has 0 aliphatic rings. The average Bonchev–Trinajstić information content (AvgIpc) is 2.23. The molecule has 0 spiro atoms. The number of aliphatic hydroxyl groups is 1. The van der Waals surface area contributed by atoms with E-state index < -0.39 is 0 Å². The van der Waals surface area contributed by atoms with Crippen molar-refractivity contribution in [3.63, 3.8) is 0 Å². The van der Waals surface area contributed by atoms with E-state index in [2.05, 4.69) is 28.1 Å². The summed E-state index contributed by atoms with van der Waals surface area (Å²) in [4.78, 5) is 0. The minimum absolute atomic E-state index is 0.259. The highest BCUT2D eigenvalue weighted by Crippen LogP contribution is 2.12. The van der Waals surface area contributed by atoms with Crippen LogP contribution in [0, 0.1) is 0 Å². The molecule has 3 heteroatoms. The molecule has 0 radical (unpaired) electrons. The fourth-order valence-electron chi connectivity index (χ4n) is 1.43. The van der Waals surface area contributed by atoms with Crippen molar-refractivity contribution in [1.82, 2.24) is 0 Å². The zero-order chi connectivity index (χ0) is 11.8. The van der Waals surface area contributed by atoms with Gasteiger partial charge in [-0.1, -0.05) is 28.1 Å². The molecule has 0 heterocycles. The van der Waals surface area contributed by atoms with Crippen LogP contribution in [0.4, 0.5) is 0 Å². The third-order valence-corrected chi connectivity index (χ3v) is 2.82. The molecule has 0 aliphatic carbocycles. The molecule has 0 saturated heterocycles. The van der Waals surface area contributed by atoms with Gasteiger partial charge < -0.3 is 9.84 Å². The molecule has 0 aliphatic heterocycles. The molecule has 1 aromatic rings. The smallest absolute Gasteiger partial charge is 0.0534 e. The highest BCUT2D eigenvalue weighted by molar-refractivity contribution is 9.10. The van der Waals surface area contributed by atoms with E-state index in [1.807, 2.05) is 12.1 Å². The summed E-state index contributed by atoms with van der Waals surface area (Å²) in [6, 6.07) is 8.34. The van der Waals surface area contributed by atoms with E-state index in [0.717, 1.165) is 30.3 Å². The van der Waals surface area contributed by atoms with E-state index in [9.17, 15) is 0 Å². The van der Waals surface area contributed by atoms with Crippen molar-refractivity contribution in [2.45, 2.75) is 32.3 Å². The number of rotatable bonds is 7. The Bertz CT molecular complexity index is 300. The lowest BCUT2D eigenvalue weighted by Crippen LogP contribution is -2.06. The van der Waals surface area contributed by atoms with Gasteiger partial charge in [-0.2, -0.15) is 0 Å². The van der Waals surface area contributed by atoms with Crippen LogP contribution < -0.4 is 0 Å². The third-order valence-electron chi connectivity index (χ3n) is 2.32. The van der Waals surface area contributed by atoms with Gasteiger partial charge in [-0.05, 0) is 43.9 Å². The van der Waals surface area contributed by atoms with Crippen LogP contribution in [0.15, 0.2) is 28.7 Å². The van der Waals surface area contributed by atoms with Gasteiger partial charge in [0, 0.05) is 17.7 Å². The number of benzene rings is 1. The molecule has 0 saturated carbocycles. The number of ether oxygens (including phenoxy) is 1. The first kappa shape index (κ1) is 13.7. The number of hydrogen-bond acceptors (Lipinski definition) is 2. The van der Waals surface area contributed by atoms with Crippen LogP contribution in [0.2, 0.25) is 0 Å². The maximum atomic E-state index is 9.03. The summed E-state index contributed by atoms with van der Waals surface area (Å²) in [5.74, 6) is 0. The first-order chi connectivity index (χ1) is 7.68. The van der Waals surface area contributed by atoms with Gasteiger partial charge in [0.1, 0.15) is 0 Å². The van der Waals surface area contributed by atoms with Crippen LogP contribution in [0.25, 0.3) is 0 Å². The van der Waals surface area contributed by atoms with Gasteiger partial charge in [0.05, 0.1) is 6.10 Å². The van der Waals surface area contributed by atoms with Gasteiger partial charge in [0.2, 0.25) is 0 Å². The second-order valence-corrected chi connectivity index (χ2v) is 4.90. The topological polar surface area (TPSA) is 29.5 Å². The van der Waals surface area contributed by atoms with Crippen LogP contribution in [0.3, 0.4) is 0 Å². The van der Waals surface area contributed by atoms with Crippen molar-refractivity contribution in [2.24, 2.45) is 0 Å². The van der Waals surface area contributed by atoms with Gasteiger partial charge in [-0.15, -0.1) is 0 Å². The summed E-state index contributed by atoms with van der Waals surface area (Å²) in [5.41, 5.74) is 1.33. The molecule has 90 valence electrons. The fraction of sp³-hybridized carbons (Fsp3) is 0.538. The van der Waals surface area contributed by atoms with E-state index in [1.54, 1.807) is 6.92 Å². The van der Waals surface area contributed by atoms with Gasteiger partial charge in [-0.3, -0.25) is 0 Å².